The number of anilines is 1. The van der Waals surface area contributed by atoms with Crippen molar-refractivity contribution >= 4 is 17.2 Å². The van der Waals surface area contributed by atoms with Crippen LogP contribution in [0.5, 0.6) is 0 Å². The Labute approximate surface area is 213 Å². The van der Waals surface area contributed by atoms with Crippen molar-refractivity contribution in [2.45, 2.75) is 19.4 Å². The molecule has 2 nitrogen and oxygen atoms in total. The second kappa shape index (κ2) is 8.98. The highest BCUT2D eigenvalue weighted by atomic mass is 15.3. The van der Waals surface area contributed by atoms with Crippen LogP contribution in [0.4, 0.5) is 11.4 Å². The molecule has 1 aliphatic heterocycles. The number of benzene rings is 5. The van der Waals surface area contributed by atoms with Gasteiger partial charge in [0.25, 0.3) is 0 Å². The van der Waals surface area contributed by atoms with Gasteiger partial charge in [-0.2, -0.15) is 0 Å². The fourth-order valence-corrected chi connectivity index (χ4v) is 5.50. The quantitative estimate of drug-likeness (QED) is 0.262. The van der Waals surface area contributed by atoms with E-state index in [9.17, 15) is 0 Å². The molecule has 174 valence electrons. The summed E-state index contributed by atoms with van der Waals surface area (Å²) in [5, 5.41) is 0. The lowest BCUT2D eigenvalue weighted by molar-refractivity contribution is 0.660. The highest BCUT2D eigenvalue weighted by molar-refractivity contribution is 6.17. The van der Waals surface area contributed by atoms with Gasteiger partial charge in [-0.1, -0.05) is 120 Å². The standard InChI is InChI=1S/C34H28N2/c1-25-13-11-15-27(23-25)34(28-16-12-14-26(2)24-28)32-22-10-9-21-31(32)33(35-29-17-5-3-6-18-29)36(34)30-19-7-4-8-20-30/h3-24H,1-2H3. The zero-order valence-corrected chi connectivity index (χ0v) is 20.6. The van der Waals surface area contributed by atoms with E-state index in [1.165, 1.54) is 27.8 Å². The Balaban J connectivity index is 1.78. The average Bonchev–Trinajstić information content (AvgIpc) is 3.21. The number of para-hydroxylation sites is 2. The first-order valence-corrected chi connectivity index (χ1v) is 12.4. The molecule has 5 aromatic carbocycles. The van der Waals surface area contributed by atoms with Crippen LogP contribution in [0.3, 0.4) is 0 Å². The van der Waals surface area contributed by atoms with E-state index in [1.807, 2.05) is 18.2 Å². The second-order valence-corrected chi connectivity index (χ2v) is 9.44. The lowest BCUT2D eigenvalue weighted by Crippen LogP contribution is -2.46. The van der Waals surface area contributed by atoms with Gasteiger partial charge >= 0.3 is 0 Å². The summed E-state index contributed by atoms with van der Waals surface area (Å²) in [6.07, 6.45) is 0. The summed E-state index contributed by atoms with van der Waals surface area (Å²) < 4.78 is 0. The van der Waals surface area contributed by atoms with Gasteiger partial charge in [0.15, 0.2) is 0 Å². The topological polar surface area (TPSA) is 15.6 Å². The molecule has 0 aromatic heterocycles. The summed E-state index contributed by atoms with van der Waals surface area (Å²) in [4.78, 5) is 7.73. The van der Waals surface area contributed by atoms with Crippen molar-refractivity contribution in [1.82, 2.24) is 0 Å². The maximum Gasteiger partial charge on any atom is 0.142 e. The molecule has 0 N–H and O–H groups in total. The van der Waals surface area contributed by atoms with Crippen LogP contribution in [0, 0.1) is 13.8 Å². The van der Waals surface area contributed by atoms with Crippen LogP contribution in [0.1, 0.15) is 33.4 Å². The van der Waals surface area contributed by atoms with E-state index in [1.54, 1.807) is 0 Å². The van der Waals surface area contributed by atoms with Crippen molar-refractivity contribution in [3.63, 3.8) is 0 Å². The lowest BCUT2D eigenvalue weighted by Gasteiger charge is -2.42. The van der Waals surface area contributed by atoms with Crippen molar-refractivity contribution in [3.8, 4) is 0 Å². The number of amidine groups is 1. The summed E-state index contributed by atoms with van der Waals surface area (Å²) in [6.45, 7) is 4.33. The highest BCUT2D eigenvalue weighted by Crippen LogP contribution is 2.51. The van der Waals surface area contributed by atoms with Gasteiger partial charge < -0.3 is 4.90 Å². The summed E-state index contributed by atoms with van der Waals surface area (Å²) in [7, 11) is 0. The third-order valence-electron chi connectivity index (χ3n) is 6.98. The highest BCUT2D eigenvalue weighted by Gasteiger charge is 2.51. The number of fused-ring (bicyclic) bond motifs is 1. The molecule has 0 atom stereocenters. The fraction of sp³-hybridized carbons (Fsp3) is 0.0882. The van der Waals surface area contributed by atoms with E-state index < -0.39 is 5.54 Å². The molecular formula is C34H28N2. The zero-order chi connectivity index (χ0) is 24.5. The van der Waals surface area contributed by atoms with Crippen LogP contribution < -0.4 is 4.90 Å². The Morgan fingerprint density at radius 1 is 0.556 bits per heavy atom. The predicted octanol–water partition coefficient (Wildman–Crippen LogP) is 8.19. The van der Waals surface area contributed by atoms with E-state index >= 15 is 0 Å². The number of nitrogens with zero attached hydrogens (tertiary/aromatic N) is 2. The van der Waals surface area contributed by atoms with E-state index in [4.69, 9.17) is 4.99 Å². The lowest BCUT2D eigenvalue weighted by atomic mass is 9.76. The van der Waals surface area contributed by atoms with Crippen molar-refractivity contribution in [3.05, 3.63) is 167 Å². The van der Waals surface area contributed by atoms with Gasteiger partial charge in [-0.3, -0.25) is 0 Å². The molecule has 0 amide bonds. The molecule has 0 bridgehead atoms. The first-order chi connectivity index (χ1) is 17.7. The molecule has 5 aromatic rings. The van der Waals surface area contributed by atoms with E-state index in [-0.39, 0.29) is 0 Å². The van der Waals surface area contributed by atoms with Gasteiger partial charge in [-0.25, -0.2) is 4.99 Å². The Kier molecular flexibility index (Phi) is 5.50. The largest absolute Gasteiger partial charge is 0.307 e. The number of hydrogen-bond acceptors (Lipinski definition) is 1. The fourth-order valence-electron chi connectivity index (χ4n) is 5.50. The first kappa shape index (κ1) is 22.1. The molecule has 0 saturated heterocycles. The van der Waals surface area contributed by atoms with Crippen LogP contribution in [0.25, 0.3) is 0 Å². The first-order valence-electron chi connectivity index (χ1n) is 12.4. The maximum absolute atomic E-state index is 5.29. The van der Waals surface area contributed by atoms with Crippen LogP contribution in [0.2, 0.25) is 0 Å². The van der Waals surface area contributed by atoms with Crippen molar-refractivity contribution in [1.29, 1.82) is 0 Å². The SMILES string of the molecule is Cc1cccc(C2(c3cccc(C)c3)c3ccccc3C(=Nc3ccccc3)N2c2ccccc2)c1. The minimum atomic E-state index is -0.580. The summed E-state index contributed by atoms with van der Waals surface area (Å²) in [6, 6.07) is 47.5. The smallest absolute Gasteiger partial charge is 0.142 e. The summed E-state index contributed by atoms with van der Waals surface area (Å²) >= 11 is 0. The van der Waals surface area contributed by atoms with E-state index in [0.717, 1.165) is 22.8 Å². The van der Waals surface area contributed by atoms with Gasteiger partial charge in [-0.15, -0.1) is 0 Å². The Hall–Kier alpha value is -4.43. The number of aryl methyl sites for hydroxylation is 2. The second-order valence-electron chi connectivity index (χ2n) is 9.44. The molecule has 2 heteroatoms. The minimum Gasteiger partial charge on any atom is -0.307 e. The molecule has 1 heterocycles. The maximum atomic E-state index is 5.29. The molecule has 0 saturated carbocycles. The van der Waals surface area contributed by atoms with Gasteiger partial charge in [0.05, 0.1) is 5.69 Å². The van der Waals surface area contributed by atoms with Gasteiger partial charge in [0.2, 0.25) is 0 Å². The number of hydrogen-bond donors (Lipinski definition) is 0. The molecule has 1 aliphatic rings. The predicted molar refractivity (Wildman–Crippen MR) is 150 cm³/mol. The monoisotopic (exact) mass is 464 g/mol. The molecule has 0 aliphatic carbocycles. The van der Waals surface area contributed by atoms with Gasteiger partial charge in [0, 0.05) is 11.3 Å². The summed E-state index contributed by atoms with van der Waals surface area (Å²) in [5.41, 5.74) is 8.76. The zero-order valence-electron chi connectivity index (χ0n) is 20.6. The molecule has 0 spiro atoms. The van der Waals surface area contributed by atoms with Gasteiger partial charge in [0.1, 0.15) is 11.4 Å². The Bertz CT molecular complexity index is 1510. The average molecular weight is 465 g/mol. The molecule has 6 rings (SSSR count). The van der Waals surface area contributed by atoms with Crippen molar-refractivity contribution < 1.29 is 0 Å². The Morgan fingerprint density at radius 2 is 1.11 bits per heavy atom. The van der Waals surface area contributed by atoms with Crippen LogP contribution in [-0.4, -0.2) is 5.84 Å². The molecule has 36 heavy (non-hydrogen) atoms. The van der Waals surface area contributed by atoms with Gasteiger partial charge in [-0.05, 0) is 54.8 Å². The van der Waals surface area contributed by atoms with Crippen LogP contribution >= 0.6 is 0 Å². The number of rotatable bonds is 4. The van der Waals surface area contributed by atoms with Crippen molar-refractivity contribution in [2.75, 3.05) is 4.90 Å². The minimum absolute atomic E-state index is 0.580. The van der Waals surface area contributed by atoms with Crippen LogP contribution in [0.15, 0.2) is 138 Å². The molecule has 0 fully saturated rings. The molecular weight excluding hydrogens is 436 g/mol. The molecule has 0 unspecified atom stereocenters. The molecule has 0 radical (unpaired) electrons. The normalized spacial score (nSPS) is 15.2. The van der Waals surface area contributed by atoms with Crippen LogP contribution in [-0.2, 0) is 5.54 Å². The van der Waals surface area contributed by atoms with Crippen molar-refractivity contribution in [2.24, 2.45) is 4.99 Å². The van der Waals surface area contributed by atoms with E-state index in [2.05, 4.69) is 134 Å². The van der Waals surface area contributed by atoms with E-state index in [0.29, 0.717) is 0 Å². The third kappa shape index (κ3) is 3.54. The Morgan fingerprint density at radius 3 is 1.72 bits per heavy atom. The third-order valence-corrected chi connectivity index (χ3v) is 6.98. The number of aliphatic imine (C=N–C) groups is 1. The summed E-state index contributed by atoms with van der Waals surface area (Å²) in [5.74, 6) is 0.950.